The van der Waals surface area contributed by atoms with Crippen LogP contribution in [0.25, 0.3) is 0 Å². The minimum absolute atomic E-state index is 0.0523. The fourth-order valence-corrected chi connectivity index (χ4v) is 1.75. The van der Waals surface area contributed by atoms with Crippen LogP contribution in [0.5, 0.6) is 5.75 Å². The molecule has 0 bridgehead atoms. The Morgan fingerprint density at radius 2 is 2.33 bits per heavy atom. The maximum Gasteiger partial charge on any atom is 0.143 e. The summed E-state index contributed by atoms with van der Waals surface area (Å²) in [7, 11) is 1.61. The third-order valence-corrected chi connectivity index (χ3v) is 3.02. The molecule has 1 unspecified atom stereocenters. The molecule has 0 amide bonds. The number of benzene rings is 1. The molecule has 0 aliphatic carbocycles. The van der Waals surface area contributed by atoms with Gasteiger partial charge in [0.15, 0.2) is 0 Å². The van der Waals surface area contributed by atoms with Crippen molar-refractivity contribution < 1.29 is 9.94 Å². The second-order valence-corrected chi connectivity index (χ2v) is 4.38. The average molecular weight is 272 g/mol. The Morgan fingerprint density at radius 1 is 1.61 bits per heavy atom. The minimum Gasteiger partial charge on any atom is -0.496 e. The third kappa shape index (κ3) is 3.78. The number of methoxy groups -OCH3 is 1. The zero-order chi connectivity index (χ0) is 13.5. The van der Waals surface area contributed by atoms with Gasteiger partial charge in [-0.05, 0) is 12.1 Å². The summed E-state index contributed by atoms with van der Waals surface area (Å²) < 4.78 is 5.24. The molecule has 6 heteroatoms. The van der Waals surface area contributed by atoms with Crippen molar-refractivity contribution in [2.45, 2.75) is 13.5 Å². The molecule has 5 nitrogen and oxygen atoms in total. The Balaban J connectivity index is 2.59. The number of nitrogens with zero attached hydrogens (tertiary/aromatic N) is 1. The normalized spacial score (nSPS) is 13.4. The van der Waals surface area contributed by atoms with Crippen LogP contribution in [-0.4, -0.2) is 24.7 Å². The van der Waals surface area contributed by atoms with Crippen molar-refractivity contribution >= 4 is 17.4 Å². The van der Waals surface area contributed by atoms with Crippen molar-refractivity contribution in [1.29, 1.82) is 0 Å². The molecule has 0 radical (unpaired) electrons. The van der Waals surface area contributed by atoms with E-state index in [4.69, 9.17) is 27.3 Å². The van der Waals surface area contributed by atoms with Gasteiger partial charge >= 0.3 is 0 Å². The molecule has 1 aromatic rings. The maximum atomic E-state index is 8.54. The van der Waals surface area contributed by atoms with E-state index >= 15 is 0 Å². The Bertz CT molecular complexity index is 424. The highest BCUT2D eigenvalue weighted by Crippen LogP contribution is 2.25. The Morgan fingerprint density at radius 3 is 2.94 bits per heavy atom. The number of hydrogen-bond donors (Lipinski definition) is 3. The summed E-state index contributed by atoms with van der Waals surface area (Å²) in [4.78, 5) is 0. The molecule has 0 fully saturated rings. The van der Waals surface area contributed by atoms with Crippen LogP contribution in [0, 0.1) is 5.92 Å². The third-order valence-electron chi connectivity index (χ3n) is 2.67. The van der Waals surface area contributed by atoms with Crippen LogP contribution in [0.1, 0.15) is 12.5 Å². The fraction of sp³-hybridized carbons (Fsp3) is 0.417. The molecule has 1 atom stereocenters. The molecule has 18 heavy (non-hydrogen) atoms. The predicted molar refractivity (Wildman–Crippen MR) is 72.3 cm³/mol. The lowest BCUT2D eigenvalue weighted by molar-refractivity contribution is 0.314. The molecule has 1 rings (SSSR count). The lowest BCUT2D eigenvalue weighted by atomic mass is 10.1. The van der Waals surface area contributed by atoms with Crippen LogP contribution in [0.15, 0.2) is 23.4 Å². The summed E-state index contributed by atoms with van der Waals surface area (Å²) in [6, 6.07) is 5.51. The molecule has 1 aromatic carbocycles. The average Bonchev–Trinajstić information content (AvgIpc) is 2.39. The monoisotopic (exact) mass is 271 g/mol. The van der Waals surface area contributed by atoms with Crippen LogP contribution in [0.3, 0.4) is 0 Å². The molecule has 0 spiro atoms. The van der Waals surface area contributed by atoms with Crippen molar-refractivity contribution in [3.05, 3.63) is 28.8 Å². The van der Waals surface area contributed by atoms with Gasteiger partial charge in [0.25, 0.3) is 0 Å². The van der Waals surface area contributed by atoms with Crippen molar-refractivity contribution in [1.82, 2.24) is 5.32 Å². The molecule has 0 heterocycles. The van der Waals surface area contributed by atoms with E-state index in [-0.39, 0.29) is 11.8 Å². The first-order chi connectivity index (χ1) is 8.60. The van der Waals surface area contributed by atoms with Gasteiger partial charge in [-0.25, -0.2) is 0 Å². The molecule has 0 aliphatic heterocycles. The van der Waals surface area contributed by atoms with E-state index in [1.54, 1.807) is 7.11 Å². The molecular formula is C12H18ClN3O2. The summed E-state index contributed by atoms with van der Waals surface area (Å²) in [5, 5.41) is 15.4. The van der Waals surface area contributed by atoms with Crippen LogP contribution < -0.4 is 15.8 Å². The first kappa shape index (κ1) is 14.6. The van der Waals surface area contributed by atoms with Gasteiger partial charge in [-0.1, -0.05) is 29.7 Å². The highest BCUT2D eigenvalue weighted by atomic mass is 35.5. The van der Waals surface area contributed by atoms with Gasteiger partial charge < -0.3 is 21.0 Å². The highest BCUT2D eigenvalue weighted by molar-refractivity contribution is 6.31. The van der Waals surface area contributed by atoms with Crippen LogP contribution in [0.2, 0.25) is 5.02 Å². The van der Waals surface area contributed by atoms with E-state index < -0.39 is 0 Å². The molecule has 0 saturated heterocycles. The Labute approximate surface area is 112 Å². The standard InChI is InChI=1S/C12H18ClN3O2/c1-8(12(14)16-17)6-15-7-9-10(13)4-3-5-11(9)18-2/h3-5,8,15,17H,6-7H2,1-2H3,(H2,14,16). The number of amidine groups is 1. The number of oxime groups is 1. The first-order valence-electron chi connectivity index (χ1n) is 5.59. The van der Waals surface area contributed by atoms with Gasteiger partial charge in [-0.2, -0.15) is 0 Å². The SMILES string of the molecule is COc1cccc(Cl)c1CNCC(C)/C(N)=N/O. The molecule has 4 N–H and O–H groups in total. The molecule has 0 aliphatic rings. The lowest BCUT2D eigenvalue weighted by Crippen LogP contribution is -2.31. The number of nitrogens with one attached hydrogen (secondary N) is 1. The maximum absolute atomic E-state index is 8.54. The summed E-state index contributed by atoms with van der Waals surface area (Å²) in [5.41, 5.74) is 6.39. The van der Waals surface area contributed by atoms with Crippen LogP contribution in [0.4, 0.5) is 0 Å². The summed E-state index contributed by atoms with van der Waals surface area (Å²) in [6.07, 6.45) is 0. The number of ether oxygens (including phenoxy) is 1. The van der Waals surface area contributed by atoms with Crippen molar-refractivity contribution in [2.24, 2.45) is 16.8 Å². The largest absolute Gasteiger partial charge is 0.496 e. The fourth-order valence-electron chi connectivity index (χ4n) is 1.52. The zero-order valence-corrected chi connectivity index (χ0v) is 11.2. The lowest BCUT2D eigenvalue weighted by Gasteiger charge is -2.14. The number of nitrogens with two attached hydrogens (primary N) is 1. The smallest absolute Gasteiger partial charge is 0.143 e. The predicted octanol–water partition coefficient (Wildman–Crippen LogP) is 1.82. The van der Waals surface area contributed by atoms with Crippen molar-refractivity contribution in [2.75, 3.05) is 13.7 Å². The topological polar surface area (TPSA) is 79.9 Å². The first-order valence-corrected chi connectivity index (χ1v) is 5.97. The molecule has 0 saturated carbocycles. The molecule has 0 aromatic heterocycles. The summed E-state index contributed by atoms with van der Waals surface area (Å²) in [6.45, 7) is 3.02. The second-order valence-electron chi connectivity index (χ2n) is 3.98. The van der Waals surface area contributed by atoms with Crippen molar-refractivity contribution in [3.63, 3.8) is 0 Å². The van der Waals surface area contributed by atoms with E-state index in [1.165, 1.54) is 0 Å². The van der Waals surface area contributed by atoms with Crippen molar-refractivity contribution in [3.8, 4) is 5.75 Å². The highest BCUT2D eigenvalue weighted by Gasteiger charge is 2.10. The van der Waals surface area contributed by atoms with Gasteiger partial charge in [0.05, 0.1) is 7.11 Å². The number of hydrogen-bond acceptors (Lipinski definition) is 4. The van der Waals surface area contributed by atoms with E-state index in [9.17, 15) is 0 Å². The van der Waals surface area contributed by atoms with Gasteiger partial charge in [-0.15, -0.1) is 0 Å². The zero-order valence-electron chi connectivity index (χ0n) is 10.5. The van der Waals surface area contributed by atoms with Gasteiger partial charge in [0.2, 0.25) is 0 Å². The van der Waals surface area contributed by atoms with Crippen LogP contribution >= 0.6 is 11.6 Å². The van der Waals surface area contributed by atoms with Gasteiger partial charge in [0.1, 0.15) is 11.6 Å². The van der Waals surface area contributed by atoms with E-state index in [0.29, 0.717) is 18.1 Å². The Kier molecular flexibility index (Phi) is 5.74. The summed E-state index contributed by atoms with van der Waals surface area (Å²) >= 11 is 6.10. The van der Waals surface area contributed by atoms with E-state index in [0.717, 1.165) is 11.3 Å². The quantitative estimate of drug-likeness (QED) is 0.319. The van der Waals surface area contributed by atoms with Gasteiger partial charge in [-0.3, -0.25) is 0 Å². The molecular weight excluding hydrogens is 254 g/mol. The van der Waals surface area contributed by atoms with Gasteiger partial charge in [0, 0.05) is 29.6 Å². The number of halogens is 1. The second kappa shape index (κ2) is 7.08. The van der Waals surface area contributed by atoms with E-state index in [1.807, 2.05) is 25.1 Å². The minimum atomic E-state index is -0.0523. The number of rotatable bonds is 6. The Hall–Kier alpha value is -1.46. The van der Waals surface area contributed by atoms with Crippen LogP contribution in [-0.2, 0) is 6.54 Å². The summed E-state index contributed by atoms with van der Waals surface area (Å²) in [5.74, 6) is 0.892. The van der Waals surface area contributed by atoms with E-state index in [2.05, 4.69) is 10.5 Å². The molecule has 100 valence electrons.